The summed E-state index contributed by atoms with van der Waals surface area (Å²) in [6.45, 7) is 7.15. The average molecular weight is 1200 g/mol. The van der Waals surface area contributed by atoms with Crippen LogP contribution in [-0.4, -0.2) is 258 Å². The third kappa shape index (κ3) is 26.8. The Morgan fingerprint density at radius 2 is 0.723 bits per heavy atom. The van der Waals surface area contributed by atoms with Gasteiger partial charge in [-0.15, -0.1) is 0 Å². The number of ether oxygens (including phenoxy) is 6. The van der Waals surface area contributed by atoms with E-state index < -0.39 is 166 Å². The van der Waals surface area contributed by atoms with Crippen molar-refractivity contribution in [3.63, 3.8) is 0 Å². The molecular formula is C55H101N7O21. The van der Waals surface area contributed by atoms with Gasteiger partial charge in [0.1, 0.15) is 36.6 Å². The zero-order valence-electron chi connectivity index (χ0n) is 49.3. The second-order valence-corrected chi connectivity index (χ2v) is 22.4. The quantitative estimate of drug-likeness (QED) is 0.0263. The summed E-state index contributed by atoms with van der Waals surface area (Å²) >= 11 is 0. The molecule has 16 atom stereocenters. The van der Waals surface area contributed by atoms with Crippen molar-refractivity contribution >= 4 is 35.4 Å². The first-order chi connectivity index (χ1) is 39.6. The minimum Gasteiger partial charge on any atom is -0.394 e. The van der Waals surface area contributed by atoms with Crippen molar-refractivity contribution < 1.29 is 103 Å². The zero-order chi connectivity index (χ0) is 61.4. The van der Waals surface area contributed by atoms with Crippen LogP contribution in [0.2, 0.25) is 0 Å². The Balaban J connectivity index is 1.45. The molecule has 0 spiro atoms. The molecule has 83 heavy (non-hydrogen) atoms. The Bertz CT molecular complexity index is 1790. The van der Waals surface area contributed by atoms with E-state index in [-0.39, 0.29) is 32.0 Å². The summed E-state index contributed by atoms with van der Waals surface area (Å²) in [5, 5.41) is 105. The minimum absolute atomic E-state index is 0.123. The highest BCUT2D eigenvalue weighted by molar-refractivity contribution is 5.90. The lowest BCUT2D eigenvalue weighted by atomic mass is 9.92. The van der Waals surface area contributed by atoms with E-state index in [0.29, 0.717) is 78.0 Å². The van der Waals surface area contributed by atoms with Crippen LogP contribution in [0, 0.1) is 23.7 Å². The molecule has 16 unspecified atom stereocenters. The molecule has 15 N–H and O–H groups in total. The topological polar surface area (TPSA) is 415 Å². The Morgan fingerprint density at radius 1 is 0.422 bits per heavy atom. The van der Waals surface area contributed by atoms with E-state index in [1.54, 1.807) is 20.8 Å². The predicted octanol–water partition coefficient (Wildman–Crippen LogP) is -3.64. The number of nitrogens with zero attached hydrogens (tertiary/aromatic N) is 1. The Hall–Kier alpha value is -3.82. The highest BCUT2D eigenvalue weighted by Crippen LogP contribution is 2.29. The van der Waals surface area contributed by atoms with Crippen molar-refractivity contribution in [2.75, 3.05) is 92.0 Å². The van der Waals surface area contributed by atoms with E-state index in [0.717, 1.165) is 38.5 Å². The van der Waals surface area contributed by atoms with Crippen molar-refractivity contribution in [1.29, 1.82) is 0 Å². The molecule has 28 heteroatoms. The number of hydrogen-bond acceptors (Lipinski definition) is 22. The summed E-state index contributed by atoms with van der Waals surface area (Å²) in [5.41, 5.74) is 0. The number of unbranched alkanes of at least 4 members (excludes halogenated alkanes) is 9. The van der Waals surface area contributed by atoms with Gasteiger partial charge in [0.15, 0.2) is 18.9 Å². The fourth-order valence-electron chi connectivity index (χ4n) is 9.71. The highest BCUT2D eigenvalue weighted by Gasteiger charge is 2.45. The van der Waals surface area contributed by atoms with Gasteiger partial charge in [-0.2, -0.15) is 0 Å². The van der Waals surface area contributed by atoms with Crippen molar-refractivity contribution in [2.45, 2.75) is 198 Å². The van der Waals surface area contributed by atoms with E-state index in [9.17, 15) is 74.7 Å². The predicted molar refractivity (Wildman–Crippen MR) is 297 cm³/mol. The van der Waals surface area contributed by atoms with Gasteiger partial charge >= 0.3 is 0 Å². The number of aliphatic hydroxyl groups excluding tert-OH is 9. The van der Waals surface area contributed by atoms with Crippen LogP contribution in [0.1, 0.15) is 118 Å². The summed E-state index contributed by atoms with van der Waals surface area (Å²) in [5.74, 6) is -4.96. The summed E-state index contributed by atoms with van der Waals surface area (Å²) in [7, 11) is 0. The summed E-state index contributed by atoms with van der Waals surface area (Å²) in [4.78, 5) is 80.4. The molecular weight excluding hydrogens is 1090 g/mol. The first-order valence-corrected chi connectivity index (χ1v) is 29.7. The Labute approximate surface area is 487 Å². The van der Waals surface area contributed by atoms with Crippen LogP contribution in [0.15, 0.2) is 0 Å². The van der Waals surface area contributed by atoms with Crippen LogP contribution in [0.4, 0.5) is 0 Å². The van der Waals surface area contributed by atoms with E-state index in [1.807, 2.05) is 13.8 Å². The molecule has 0 aromatic carbocycles. The average Bonchev–Trinajstić information content (AvgIpc) is 3.63. The van der Waals surface area contributed by atoms with Crippen LogP contribution in [-0.2, 0) is 57.2 Å². The lowest BCUT2D eigenvalue weighted by molar-refractivity contribution is -0.282. The zero-order valence-corrected chi connectivity index (χ0v) is 49.3. The molecule has 3 rings (SSSR count). The number of amides is 6. The molecule has 3 saturated heterocycles. The Morgan fingerprint density at radius 3 is 1.02 bits per heavy atom. The molecule has 3 aliphatic rings. The first kappa shape index (κ1) is 73.4. The number of hydrogen-bond donors (Lipinski definition) is 15. The molecule has 6 amide bonds. The molecule has 3 aliphatic heterocycles. The number of aliphatic hydroxyl groups is 9. The first-order valence-electron chi connectivity index (χ1n) is 29.7. The molecule has 482 valence electrons. The molecule has 0 bridgehead atoms. The number of rotatable bonds is 41. The standard InChI is InChI=1S/C55H101N7O21/c1-33(2)24-37(52(77)61-27-43(68)58-20-14-8-11-17-23-80-55-36(5)48(73)51(76)40(32-65)83-55)62(28-44(69)59-25-41(66)56-18-12-6-9-15-21-78-53-34(3)46(71)49(74)38(30-63)81-53)29-45(70)60-26-42(67)57-19-13-7-10-16-22-79-54-35(4)47(72)50(75)39(31-64)82-54/h33-40,46-51,53-55,63-65,71-76H,6-32H2,1-5H3,(H,56,66)(H,57,67)(H,58,68)(H,59,69)(H,60,70)(H,61,77). The number of carbonyl (C=O) groups is 6. The van der Waals surface area contributed by atoms with E-state index in [2.05, 4.69) is 31.9 Å². The second-order valence-electron chi connectivity index (χ2n) is 22.4. The lowest BCUT2D eigenvalue weighted by Crippen LogP contribution is -2.55. The summed E-state index contributed by atoms with van der Waals surface area (Å²) in [6.07, 6.45) is -3.61. The lowest BCUT2D eigenvalue weighted by Gasteiger charge is -2.40. The molecule has 28 nitrogen and oxygen atoms in total. The third-order valence-corrected chi connectivity index (χ3v) is 15.0. The Kier molecular flexibility index (Phi) is 35.9. The van der Waals surface area contributed by atoms with Crippen LogP contribution in [0.25, 0.3) is 0 Å². The molecule has 0 aromatic rings. The van der Waals surface area contributed by atoms with Crippen LogP contribution >= 0.6 is 0 Å². The fraction of sp³-hybridized carbons (Fsp3) is 0.891. The molecule has 0 saturated carbocycles. The van der Waals surface area contributed by atoms with Gasteiger partial charge in [-0.25, -0.2) is 0 Å². The maximum absolute atomic E-state index is 13.9. The van der Waals surface area contributed by atoms with Gasteiger partial charge in [0.25, 0.3) is 0 Å². The van der Waals surface area contributed by atoms with Gasteiger partial charge in [-0.3, -0.25) is 33.7 Å². The van der Waals surface area contributed by atoms with E-state index in [1.165, 1.54) is 4.90 Å². The number of nitrogens with one attached hydrogen (secondary N) is 6. The second kappa shape index (κ2) is 40.5. The number of carbonyl (C=O) groups excluding carboxylic acids is 6. The van der Waals surface area contributed by atoms with Gasteiger partial charge in [0.05, 0.1) is 76.9 Å². The largest absolute Gasteiger partial charge is 0.394 e. The van der Waals surface area contributed by atoms with Crippen LogP contribution in [0.3, 0.4) is 0 Å². The molecule has 3 heterocycles. The molecule has 0 aromatic heterocycles. The molecule has 0 aliphatic carbocycles. The van der Waals surface area contributed by atoms with Crippen molar-refractivity contribution in [2.24, 2.45) is 23.7 Å². The molecule has 3 fully saturated rings. The van der Waals surface area contributed by atoms with Crippen LogP contribution in [0.5, 0.6) is 0 Å². The van der Waals surface area contributed by atoms with E-state index in [4.69, 9.17) is 28.4 Å². The maximum Gasteiger partial charge on any atom is 0.239 e. The highest BCUT2D eigenvalue weighted by atomic mass is 16.7. The fourth-order valence-corrected chi connectivity index (χ4v) is 9.71. The molecule has 0 radical (unpaired) electrons. The van der Waals surface area contributed by atoms with E-state index >= 15 is 0 Å². The normalized spacial score (nSPS) is 28.6. The maximum atomic E-state index is 13.9. The van der Waals surface area contributed by atoms with Gasteiger partial charge in [-0.05, 0) is 50.9 Å². The van der Waals surface area contributed by atoms with Gasteiger partial charge in [0, 0.05) is 57.2 Å². The van der Waals surface area contributed by atoms with Crippen molar-refractivity contribution in [3.05, 3.63) is 0 Å². The third-order valence-electron chi connectivity index (χ3n) is 15.0. The van der Waals surface area contributed by atoms with Crippen molar-refractivity contribution in [3.8, 4) is 0 Å². The van der Waals surface area contributed by atoms with Crippen LogP contribution < -0.4 is 31.9 Å². The van der Waals surface area contributed by atoms with Gasteiger partial charge in [0.2, 0.25) is 35.4 Å². The summed E-state index contributed by atoms with van der Waals surface area (Å²) < 4.78 is 34.0. The summed E-state index contributed by atoms with van der Waals surface area (Å²) in [6, 6.07) is -1.09. The minimum atomic E-state index is -1.21. The monoisotopic (exact) mass is 1200 g/mol. The van der Waals surface area contributed by atoms with Gasteiger partial charge < -0.3 is 106 Å². The van der Waals surface area contributed by atoms with Gasteiger partial charge in [-0.1, -0.05) is 73.1 Å². The van der Waals surface area contributed by atoms with Crippen molar-refractivity contribution in [1.82, 2.24) is 36.8 Å². The SMILES string of the molecule is CC(C)CC(C(=O)NCC(=O)NCCCCCCOC1OC(CO)C(O)C(O)C1C)N(CC(=O)NCC(=O)NCCCCCCOC1OC(CO)C(O)C(O)C1C)CC(=O)NCC(=O)NCCCCCCOC1OC(CO)C(O)C(O)C1C. The smallest absolute Gasteiger partial charge is 0.239 e.